The summed E-state index contributed by atoms with van der Waals surface area (Å²) in [5.41, 5.74) is 1.06. The van der Waals surface area contributed by atoms with Crippen molar-refractivity contribution in [2.45, 2.75) is 50.9 Å². The van der Waals surface area contributed by atoms with E-state index in [2.05, 4.69) is 15.2 Å². The molecular weight excluding hydrogens is 385 g/mol. The summed E-state index contributed by atoms with van der Waals surface area (Å²) in [7, 11) is 0. The summed E-state index contributed by atoms with van der Waals surface area (Å²) in [6.45, 7) is 3.34. The predicted molar refractivity (Wildman–Crippen MR) is 109 cm³/mol. The van der Waals surface area contributed by atoms with Crippen LogP contribution < -0.4 is 4.90 Å². The molecule has 0 bridgehead atoms. The fourth-order valence-electron chi connectivity index (χ4n) is 4.56. The smallest absolute Gasteiger partial charge is 0.228 e. The van der Waals surface area contributed by atoms with Crippen molar-refractivity contribution in [2.75, 3.05) is 24.5 Å². The van der Waals surface area contributed by atoms with Crippen molar-refractivity contribution in [2.24, 2.45) is 5.92 Å². The molecule has 0 spiro atoms. The van der Waals surface area contributed by atoms with E-state index in [1.54, 1.807) is 19.1 Å². The number of aryl methyl sites for hydroxylation is 1. The van der Waals surface area contributed by atoms with Gasteiger partial charge in [-0.3, -0.25) is 14.7 Å². The Kier molecular flexibility index (Phi) is 4.79. The molecule has 3 fully saturated rings. The van der Waals surface area contributed by atoms with Crippen molar-refractivity contribution in [1.82, 2.24) is 20.1 Å². The van der Waals surface area contributed by atoms with Crippen LogP contribution in [-0.2, 0) is 9.59 Å². The number of nitrogens with one attached hydrogen (secondary N) is 1. The molecule has 3 aliphatic rings. The predicted octanol–water partition coefficient (Wildman–Crippen LogP) is 2.89. The zero-order chi connectivity index (χ0) is 20.8. The SMILES string of the molecule is Cc1ccc(N2CC(C(=O)N3CCC(c4nc(C5CC5)n[nH]4)CC3)CC2=O)c(F)c1. The Hall–Kier alpha value is -2.77. The van der Waals surface area contributed by atoms with Gasteiger partial charge in [0.25, 0.3) is 0 Å². The van der Waals surface area contributed by atoms with Gasteiger partial charge in [0.1, 0.15) is 11.6 Å². The van der Waals surface area contributed by atoms with Gasteiger partial charge in [-0.15, -0.1) is 0 Å². The number of hydrogen-bond donors (Lipinski definition) is 1. The van der Waals surface area contributed by atoms with E-state index in [0.717, 1.165) is 30.1 Å². The molecule has 2 saturated heterocycles. The van der Waals surface area contributed by atoms with Crippen molar-refractivity contribution < 1.29 is 14.0 Å². The minimum Gasteiger partial charge on any atom is -0.342 e. The van der Waals surface area contributed by atoms with E-state index in [-0.39, 0.29) is 36.4 Å². The molecule has 1 aromatic heterocycles. The lowest BCUT2D eigenvalue weighted by Crippen LogP contribution is -2.42. The molecule has 1 aliphatic carbocycles. The van der Waals surface area contributed by atoms with E-state index >= 15 is 0 Å². The molecule has 1 aromatic carbocycles. The normalized spacial score (nSPS) is 22.7. The molecule has 2 aliphatic heterocycles. The molecule has 1 N–H and O–H groups in total. The van der Waals surface area contributed by atoms with E-state index in [1.807, 2.05) is 4.90 Å². The third-order valence-corrected chi connectivity index (χ3v) is 6.52. The van der Waals surface area contributed by atoms with Gasteiger partial charge in [-0.25, -0.2) is 9.37 Å². The van der Waals surface area contributed by atoms with E-state index in [0.29, 0.717) is 19.0 Å². The van der Waals surface area contributed by atoms with Gasteiger partial charge in [-0.1, -0.05) is 6.07 Å². The number of likely N-dealkylation sites (tertiary alicyclic amines) is 1. The van der Waals surface area contributed by atoms with Crippen molar-refractivity contribution in [3.8, 4) is 0 Å². The number of aromatic nitrogens is 3. The first-order valence-corrected chi connectivity index (χ1v) is 10.8. The number of H-pyrrole nitrogens is 1. The number of hydrogen-bond acceptors (Lipinski definition) is 4. The minimum absolute atomic E-state index is 0.00643. The van der Waals surface area contributed by atoms with Crippen molar-refractivity contribution in [3.05, 3.63) is 41.2 Å². The third kappa shape index (κ3) is 3.59. The molecular formula is C22H26FN5O2. The third-order valence-electron chi connectivity index (χ3n) is 6.52. The Morgan fingerprint density at radius 2 is 1.93 bits per heavy atom. The molecule has 8 heteroatoms. The monoisotopic (exact) mass is 411 g/mol. The fraction of sp³-hybridized carbons (Fsp3) is 0.545. The molecule has 0 radical (unpaired) electrons. The van der Waals surface area contributed by atoms with Gasteiger partial charge < -0.3 is 9.80 Å². The maximum Gasteiger partial charge on any atom is 0.228 e. The molecule has 5 rings (SSSR count). The number of benzene rings is 1. The van der Waals surface area contributed by atoms with Crippen LogP contribution in [0.5, 0.6) is 0 Å². The number of aromatic amines is 1. The average Bonchev–Trinajstić information content (AvgIpc) is 3.34. The topological polar surface area (TPSA) is 82.2 Å². The Bertz CT molecular complexity index is 978. The molecule has 7 nitrogen and oxygen atoms in total. The minimum atomic E-state index is -0.421. The number of piperidine rings is 1. The maximum atomic E-state index is 14.3. The standard InChI is InChI=1S/C22H26FN5O2/c1-13-2-5-18(17(23)10-13)28-12-16(11-19(28)29)22(30)27-8-6-15(7-9-27)21-24-20(25-26-21)14-3-4-14/h2,5,10,14-16H,3-4,6-9,11-12H2,1H3,(H,24,25,26). The fourth-order valence-corrected chi connectivity index (χ4v) is 4.56. The second kappa shape index (κ2) is 7.49. The van der Waals surface area contributed by atoms with Crippen LogP contribution in [-0.4, -0.2) is 51.5 Å². The number of nitrogens with zero attached hydrogens (tertiary/aromatic N) is 4. The van der Waals surface area contributed by atoms with Crippen LogP contribution in [0.25, 0.3) is 0 Å². The van der Waals surface area contributed by atoms with Gasteiger partial charge in [0.05, 0.1) is 11.6 Å². The maximum absolute atomic E-state index is 14.3. The van der Waals surface area contributed by atoms with Crippen LogP contribution >= 0.6 is 0 Å². The summed E-state index contributed by atoms with van der Waals surface area (Å²) >= 11 is 0. The Morgan fingerprint density at radius 1 is 1.17 bits per heavy atom. The molecule has 158 valence electrons. The second-order valence-electron chi connectivity index (χ2n) is 8.81. The molecule has 2 aromatic rings. The number of carbonyl (C=O) groups is 2. The second-order valence-corrected chi connectivity index (χ2v) is 8.81. The molecule has 1 atom stereocenters. The highest BCUT2D eigenvalue weighted by Gasteiger charge is 2.39. The molecule has 1 saturated carbocycles. The lowest BCUT2D eigenvalue weighted by Gasteiger charge is -2.32. The Balaban J connectivity index is 1.20. The zero-order valence-electron chi connectivity index (χ0n) is 17.1. The summed E-state index contributed by atoms with van der Waals surface area (Å²) in [5.74, 6) is 1.64. The van der Waals surface area contributed by atoms with E-state index in [1.165, 1.54) is 23.8 Å². The summed E-state index contributed by atoms with van der Waals surface area (Å²) < 4.78 is 14.3. The summed E-state index contributed by atoms with van der Waals surface area (Å²) in [4.78, 5) is 33.4. The number of anilines is 1. The van der Waals surface area contributed by atoms with Crippen LogP contribution in [0.2, 0.25) is 0 Å². The number of carbonyl (C=O) groups excluding carboxylic acids is 2. The summed E-state index contributed by atoms with van der Waals surface area (Å²) in [6.07, 6.45) is 4.16. The van der Waals surface area contributed by atoms with Crippen LogP contribution in [0.4, 0.5) is 10.1 Å². The average molecular weight is 411 g/mol. The zero-order valence-corrected chi connectivity index (χ0v) is 17.1. The Morgan fingerprint density at radius 3 is 2.63 bits per heavy atom. The highest BCUT2D eigenvalue weighted by molar-refractivity contribution is 6.00. The van der Waals surface area contributed by atoms with Crippen LogP contribution in [0.3, 0.4) is 0 Å². The van der Waals surface area contributed by atoms with Crippen LogP contribution in [0.1, 0.15) is 61.2 Å². The largest absolute Gasteiger partial charge is 0.342 e. The molecule has 3 heterocycles. The van der Waals surface area contributed by atoms with Gasteiger partial charge in [0.15, 0.2) is 5.82 Å². The molecule has 2 amide bonds. The first-order chi connectivity index (χ1) is 14.5. The number of halogens is 1. The van der Waals surface area contributed by atoms with Crippen molar-refractivity contribution >= 4 is 17.5 Å². The van der Waals surface area contributed by atoms with Gasteiger partial charge >= 0.3 is 0 Å². The van der Waals surface area contributed by atoms with Gasteiger partial charge in [-0.05, 0) is 50.3 Å². The molecule has 30 heavy (non-hydrogen) atoms. The van der Waals surface area contributed by atoms with Crippen molar-refractivity contribution in [3.63, 3.8) is 0 Å². The number of rotatable bonds is 4. The van der Waals surface area contributed by atoms with Gasteiger partial charge in [0, 0.05) is 37.9 Å². The lowest BCUT2D eigenvalue weighted by atomic mass is 9.95. The first kappa shape index (κ1) is 19.2. The van der Waals surface area contributed by atoms with Crippen LogP contribution in [0, 0.1) is 18.7 Å². The summed E-state index contributed by atoms with van der Waals surface area (Å²) in [6, 6.07) is 4.82. The van der Waals surface area contributed by atoms with E-state index in [4.69, 9.17) is 0 Å². The Labute approximate surface area is 174 Å². The van der Waals surface area contributed by atoms with Crippen molar-refractivity contribution in [1.29, 1.82) is 0 Å². The van der Waals surface area contributed by atoms with Crippen LogP contribution in [0.15, 0.2) is 18.2 Å². The number of amides is 2. The van der Waals surface area contributed by atoms with E-state index < -0.39 is 11.7 Å². The highest BCUT2D eigenvalue weighted by Crippen LogP contribution is 2.39. The van der Waals surface area contributed by atoms with Gasteiger partial charge in [-0.2, -0.15) is 5.10 Å². The summed E-state index contributed by atoms with van der Waals surface area (Å²) in [5, 5.41) is 7.42. The molecule has 1 unspecified atom stereocenters. The van der Waals surface area contributed by atoms with E-state index in [9.17, 15) is 14.0 Å². The first-order valence-electron chi connectivity index (χ1n) is 10.8. The lowest BCUT2D eigenvalue weighted by molar-refractivity contribution is -0.136. The highest BCUT2D eigenvalue weighted by atomic mass is 19.1. The van der Waals surface area contributed by atoms with Gasteiger partial charge in [0.2, 0.25) is 11.8 Å². The quantitative estimate of drug-likeness (QED) is 0.839.